The van der Waals surface area contributed by atoms with Crippen molar-refractivity contribution in [2.75, 3.05) is 53.9 Å². The molecule has 3 heterocycles. The molecule has 4 fully saturated rings. The van der Waals surface area contributed by atoms with Gasteiger partial charge in [-0.1, -0.05) is 32.3 Å². The molecule has 288 valence electrons. The number of halogens is 3. The van der Waals surface area contributed by atoms with Crippen molar-refractivity contribution in [3.63, 3.8) is 0 Å². The van der Waals surface area contributed by atoms with Gasteiger partial charge in [0.05, 0.1) is 25.3 Å². The first kappa shape index (κ1) is 37.7. The van der Waals surface area contributed by atoms with Crippen LogP contribution in [0.3, 0.4) is 0 Å². The van der Waals surface area contributed by atoms with Gasteiger partial charge >= 0.3 is 16.4 Å². The van der Waals surface area contributed by atoms with E-state index in [0.29, 0.717) is 44.9 Å². The first-order valence-electron chi connectivity index (χ1n) is 18.7. The lowest BCUT2D eigenvalue weighted by atomic mass is 9.53. The number of amides is 2. The van der Waals surface area contributed by atoms with Gasteiger partial charge in [0.15, 0.2) is 0 Å². The fourth-order valence-corrected chi connectivity index (χ4v) is 10.4. The Bertz CT molecular complexity index is 1970. The molecule has 7 rings (SSSR count). The Morgan fingerprint density at radius 2 is 1.62 bits per heavy atom. The highest BCUT2D eigenvalue weighted by Crippen LogP contribution is 2.65. The minimum atomic E-state index is -4.26. The Hall–Kier alpha value is -3.62. The minimum absolute atomic E-state index is 0.00218. The number of alkyl halides is 3. The predicted molar refractivity (Wildman–Crippen MR) is 197 cm³/mol. The predicted octanol–water partition coefficient (Wildman–Crippen LogP) is 6.41. The summed E-state index contributed by atoms with van der Waals surface area (Å²) in [6.07, 6.45) is 3.29. The van der Waals surface area contributed by atoms with E-state index in [2.05, 4.69) is 9.29 Å². The second kappa shape index (κ2) is 13.9. The van der Waals surface area contributed by atoms with Crippen LogP contribution < -0.4 is 9.46 Å². The molecule has 53 heavy (non-hydrogen) atoms. The van der Waals surface area contributed by atoms with Gasteiger partial charge in [-0.05, 0) is 85.5 Å². The van der Waals surface area contributed by atoms with E-state index >= 15 is 0 Å². The number of nitrogens with zero attached hydrogens (tertiary/aromatic N) is 4. The molecule has 4 aliphatic rings. The third kappa shape index (κ3) is 6.84. The number of carbonyl (C=O) groups excluding carboxylic acids is 2. The molecular weight excluding hydrogens is 708 g/mol. The highest BCUT2D eigenvalue weighted by molar-refractivity contribution is 7.87. The Morgan fingerprint density at radius 3 is 2.17 bits per heavy atom. The first-order valence-corrected chi connectivity index (χ1v) is 20.2. The van der Waals surface area contributed by atoms with Crippen LogP contribution in [0.25, 0.3) is 22.2 Å². The van der Waals surface area contributed by atoms with Crippen LogP contribution in [-0.4, -0.2) is 99.0 Å². The largest absolute Gasteiger partial charge is 0.497 e. The van der Waals surface area contributed by atoms with Crippen LogP contribution in [0, 0.1) is 16.7 Å². The van der Waals surface area contributed by atoms with Gasteiger partial charge in [-0.2, -0.15) is 25.9 Å². The van der Waals surface area contributed by atoms with Gasteiger partial charge in [0.2, 0.25) is 5.91 Å². The quantitative estimate of drug-likeness (QED) is 0.243. The second-order valence-corrected chi connectivity index (χ2v) is 17.9. The number of benzene rings is 2. The van der Waals surface area contributed by atoms with Crippen LogP contribution in [0.15, 0.2) is 42.5 Å². The van der Waals surface area contributed by atoms with Gasteiger partial charge in [0.25, 0.3) is 5.91 Å². The van der Waals surface area contributed by atoms with Crippen molar-refractivity contribution in [1.82, 2.24) is 23.4 Å². The van der Waals surface area contributed by atoms with Crippen molar-refractivity contribution in [1.29, 1.82) is 0 Å². The summed E-state index contributed by atoms with van der Waals surface area (Å²) < 4.78 is 76.0. The molecule has 2 saturated carbocycles. The maximum Gasteiger partial charge on any atom is 0.401 e. The van der Waals surface area contributed by atoms with E-state index in [1.807, 2.05) is 42.2 Å². The second-order valence-electron chi connectivity index (χ2n) is 16.0. The van der Waals surface area contributed by atoms with E-state index in [0.717, 1.165) is 77.0 Å². The third-order valence-corrected chi connectivity index (χ3v) is 14.1. The average molecular weight is 758 g/mol. The maximum atomic E-state index is 14.6. The van der Waals surface area contributed by atoms with Crippen LogP contribution in [0.4, 0.5) is 13.2 Å². The van der Waals surface area contributed by atoms with E-state index in [1.165, 1.54) is 19.0 Å². The Labute approximate surface area is 309 Å². The monoisotopic (exact) mass is 757 g/mol. The van der Waals surface area contributed by atoms with Gasteiger partial charge < -0.3 is 14.2 Å². The summed E-state index contributed by atoms with van der Waals surface area (Å²) in [5, 5.41) is 0.966. The molecule has 2 aliphatic heterocycles. The van der Waals surface area contributed by atoms with Crippen LogP contribution in [0.2, 0.25) is 0 Å². The maximum absolute atomic E-state index is 14.6. The molecule has 0 spiro atoms. The fraction of sp³-hybridized carbons (Fsp3) is 0.590. The molecule has 1 aromatic heterocycles. The van der Waals surface area contributed by atoms with Gasteiger partial charge in [0.1, 0.15) is 5.75 Å². The Kier molecular flexibility index (Phi) is 9.89. The summed E-state index contributed by atoms with van der Waals surface area (Å²) in [7, 11) is 0.271. The molecule has 10 nitrogen and oxygen atoms in total. The van der Waals surface area contributed by atoms with Gasteiger partial charge in [-0.15, -0.1) is 0 Å². The minimum Gasteiger partial charge on any atom is -0.497 e. The number of ether oxygens (including phenoxy) is 1. The SMILES string of the molecule is CC[C@H](Cn1c(-c2ccc(OC)cc2)c(C2CCCCC2)c2ccc(C(=O)NS(=O)(=O)N(C)C)cc21)C(=O)N1CC23CCC2(CN(CC(F)(F)F)C3)C1. The summed E-state index contributed by atoms with van der Waals surface area (Å²) in [4.78, 5) is 31.4. The molecule has 3 aromatic rings. The molecule has 1 N–H and O–H groups in total. The van der Waals surface area contributed by atoms with Crippen molar-refractivity contribution in [2.45, 2.75) is 76.9 Å². The zero-order chi connectivity index (χ0) is 37.9. The molecule has 0 bridgehead atoms. The molecule has 0 radical (unpaired) electrons. The van der Waals surface area contributed by atoms with Crippen LogP contribution in [0.1, 0.15) is 80.1 Å². The average Bonchev–Trinajstić information content (AvgIpc) is 3.61. The molecule has 2 saturated heterocycles. The number of aromatic nitrogens is 1. The molecule has 2 amide bonds. The third-order valence-electron chi connectivity index (χ3n) is 12.7. The number of likely N-dealkylation sites (tertiary alicyclic amines) is 2. The fourth-order valence-electron chi connectivity index (χ4n) is 9.84. The van der Waals surface area contributed by atoms with E-state index in [4.69, 9.17) is 4.74 Å². The highest BCUT2D eigenvalue weighted by Gasteiger charge is 2.69. The lowest BCUT2D eigenvalue weighted by Crippen LogP contribution is -2.49. The smallest absolute Gasteiger partial charge is 0.401 e. The molecule has 2 unspecified atom stereocenters. The number of hydrogen-bond acceptors (Lipinski definition) is 6. The van der Waals surface area contributed by atoms with Crippen molar-refractivity contribution in [3.8, 4) is 17.0 Å². The molecule has 2 aliphatic carbocycles. The normalized spacial score (nSPS) is 24.3. The summed E-state index contributed by atoms with van der Waals surface area (Å²) in [6, 6.07) is 13.2. The van der Waals surface area contributed by atoms with Crippen molar-refractivity contribution >= 4 is 32.9 Å². The lowest BCUT2D eigenvalue weighted by molar-refractivity contribution is -0.146. The summed E-state index contributed by atoms with van der Waals surface area (Å²) in [5.41, 5.74) is 3.41. The number of carbonyl (C=O) groups is 2. The highest BCUT2D eigenvalue weighted by atomic mass is 32.2. The van der Waals surface area contributed by atoms with Crippen molar-refractivity contribution < 1.29 is 35.9 Å². The first-order chi connectivity index (χ1) is 25.1. The van der Waals surface area contributed by atoms with Crippen LogP contribution in [-0.2, 0) is 21.5 Å². The Morgan fingerprint density at radius 1 is 0.981 bits per heavy atom. The van der Waals surface area contributed by atoms with Gasteiger partial charge in [0, 0.05) is 74.1 Å². The van der Waals surface area contributed by atoms with Crippen molar-refractivity contribution in [3.05, 3.63) is 53.6 Å². The molecule has 2 aromatic carbocycles. The number of nitrogens with one attached hydrogen (secondary N) is 1. The number of rotatable bonds is 11. The number of hydrogen-bond donors (Lipinski definition) is 1. The summed E-state index contributed by atoms with van der Waals surface area (Å²) in [5.74, 6) is -0.233. The topological polar surface area (TPSA) is 104 Å². The van der Waals surface area contributed by atoms with Crippen LogP contribution in [0.5, 0.6) is 5.75 Å². The zero-order valence-electron chi connectivity index (χ0n) is 31.0. The standard InChI is InChI=1S/C39H50F3N5O5S/c1-5-26(36(49)46-23-37-17-18-38(37,24-46)22-45(21-37)25-39(40,41)42)20-47-32-19-29(35(48)43-53(50,51)44(2)3)13-16-31(32)33(27-9-7-6-8-10-27)34(47)28-11-14-30(52-4)15-12-28/h11-16,19,26-27H,5-10,17-18,20-25H2,1-4H3,(H,43,48)/t26-,37?,38?/m1/s1. The molecule has 3 atom stereocenters. The summed E-state index contributed by atoms with van der Waals surface area (Å²) >= 11 is 0. The van der Waals surface area contributed by atoms with Gasteiger partial charge in [-0.25, -0.2) is 4.72 Å². The summed E-state index contributed by atoms with van der Waals surface area (Å²) in [6.45, 7) is 3.03. The Balaban J connectivity index is 1.29. The van der Waals surface area contributed by atoms with E-state index in [1.54, 1.807) is 19.2 Å². The van der Waals surface area contributed by atoms with Crippen molar-refractivity contribution in [2.24, 2.45) is 16.7 Å². The number of fused-ring (bicyclic) bond motifs is 1. The van der Waals surface area contributed by atoms with E-state index < -0.39 is 34.8 Å². The van der Waals surface area contributed by atoms with Gasteiger partial charge in [-0.3, -0.25) is 14.5 Å². The zero-order valence-corrected chi connectivity index (χ0v) is 31.8. The molecule has 14 heteroatoms. The lowest BCUT2D eigenvalue weighted by Gasteiger charge is -2.48. The molecular formula is C39H50F3N5O5S. The van der Waals surface area contributed by atoms with Crippen LogP contribution >= 0.6 is 0 Å². The van der Waals surface area contributed by atoms with E-state index in [9.17, 15) is 31.2 Å². The number of methoxy groups -OCH3 is 1. The van der Waals surface area contributed by atoms with E-state index in [-0.39, 0.29) is 28.2 Å².